The summed E-state index contributed by atoms with van der Waals surface area (Å²) in [6, 6.07) is 9.35. The lowest BCUT2D eigenvalue weighted by Crippen LogP contribution is -2.10. The van der Waals surface area contributed by atoms with E-state index in [1.807, 2.05) is 6.07 Å². The second-order valence-electron chi connectivity index (χ2n) is 5.70. The smallest absolute Gasteiger partial charge is 0.162 e. The fourth-order valence-corrected chi connectivity index (χ4v) is 2.90. The van der Waals surface area contributed by atoms with Crippen LogP contribution in [0.5, 0.6) is 11.5 Å². The summed E-state index contributed by atoms with van der Waals surface area (Å²) in [7, 11) is 4.75. The van der Waals surface area contributed by atoms with Crippen molar-refractivity contribution >= 4 is 22.3 Å². The van der Waals surface area contributed by atoms with E-state index in [-0.39, 0.29) is 16.8 Å². The van der Waals surface area contributed by atoms with E-state index >= 15 is 0 Å². The molecule has 0 amide bonds. The molecule has 0 bridgehead atoms. The van der Waals surface area contributed by atoms with Gasteiger partial charge in [-0.2, -0.15) is 5.26 Å². The van der Waals surface area contributed by atoms with Crippen molar-refractivity contribution < 1.29 is 13.9 Å². The molecule has 0 saturated carbocycles. The summed E-state index contributed by atoms with van der Waals surface area (Å²) < 4.78 is 25.2. The van der Waals surface area contributed by atoms with Crippen molar-refractivity contribution in [3.63, 3.8) is 0 Å². The number of hydrogen-bond acceptors (Lipinski definition) is 6. The lowest BCUT2D eigenvalue weighted by molar-refractivity contribution is 0.356. The fraction of sp³-hybridized carbons (Fsp3) is 0.150. The molecule has 0 aliphatic rings. The molecule has 1 heterocycles. The van der Waals surface area contributed by atoms with Gasteiger partial charge >= 0.3 is 0 Å². The number of pyridine rings is 1. The van der Waals surface area contributed by atoms with Crippen LogP contribution < -0.4 is 14.8 Å². The summed E-state index contributed by atoms with van der Waals surface area (Å²) in [4.78, 5) is 4.39. The summed E-state index contributed by atoms with van der Waals surface area (Å²) >= 11 is 0. The number of anilines is 1. The van der Waals surface area contributed by atoms with Gasteiger partial charge in [-0.1, -0.05) is 0 Å². The minimum atomic E-state index is -0.633. The molecule has 27 heavy (non-hydrogen) atoms. The summed E-state index contributed by atoms with van der Waals surface area (Å²) in [6.07, 6.45) is 1.58. The normalized spacial score (nSPS) is 10.3. The molecular weight excluding hydrogens is 347 g/mol. The number of nitriles is 1. The molecule has 3 aromatic rings. The maximum atomic E-state index is 14.5. The average molecular weight is 364 g/mol. The zero-order valence-electron chi connectivity index (χ0n) is 15.1. The van der Waals surface area contributed by atoms with E-state index in [4.69, 9.17) is 20.1 Å². The SMILES string of the molecule is CNc1cnc2cc(OC)c(OC)cc2c1C(=N)c1ccc(C#N)cc1F. The molecule has 0 aliphatic carbocycles. The molecule has 0 saturated heterocycles. The Balaban J connectivity index is 2.28. The Hall–Kier alpha value is -3.66. The Morgan fingerprint density at radius 1 is 1.19 bits per heavy atom. The molecule has 0 fully saturated rings. The van der Waals surface area contributed by atoms with Gasteiger partial charge in [0.2, 0.25) is 0 Å². The molecular formula is C20H17FN4O2. The Morgan fingerprint density at radius 3 is 2.48 bits per heavy atom. The van der Waals surface area contributed by atoms with Crippen molar-refractivity contribution in [2.24, 2.45) is 0 Å². The second kappa shape index (κ2) is 7.30. The van der Waals surface area contributed by atoms with Gasteiger partial charge in [-0.05, 0) is 24.3 Å². The van der Waals surface area contributed by atoms with E-state index < -0.39 is 5.82 Å². The van der Waals surface area contributed by atoms with E-state index in [1.165, 1.54) is 26.4 Å². The third kappa shape index (κ3) is 3.13. The highest BCUT2D eigenvalue weighted by molar-refractivity contribution is 6.21. The molecule has 6 nitrogen and oxygen atoms in total. The quantitative estimate of drug-likeness (QED) is 0.673. The number of nitrogens with one attached hydrogen (secondary N) is 2. The predicted octanol–water partition coefficient (Wildman–Crippen LogP) is 3.72. The largest absolute Gasteiger partial charge is 0.493 e. The van der Waals surface area contributed by atoms with Gasteiger partial charge in [-0.25, -0.2) is 4.39 Å². The van der Waals surface area contributed by atoms with Crippen LogP contribution >= 0.6 is 0 Å². The number of methoxy groups -OCH3 is 2. The van der Waals surface area contributed by atoms with Crippen molar-refractivity contribution in [1.29, 1.82) is 10.7 Å². The van der Waals surface area contributed by atoms with E-state index in [9.17, 15) is 4.39 Å². The molecule has 0 atom stereocenters. The monoisotopic (exact) mass is 364 g/mol. The Labute approximate surface area is 155 Å². The maximum absolute atomic E-state index is 14.5. The van der Waals surface area contributed by atoms with Gasteiger partial charge in [0.15, 0.2) is 11.5 Å². The zero-order chi connectivity index (χ0) is 19.6. The van der Waals surface area contributed by atoms with Crippen LogP contribution in [0.25, 0.3) is 10.9 Å². The molecule has 0 radical (unpaired) electrons. The molecule has 7 heteroatoms. The third-order valence-electron chi connectivity index (χ3n) is 4.26. The highest BCUT2D eigenvalue weighted by atomic mass is 19.1. The van der Waals surface area contributed by atoms with Crippen LogP contribution in [0.3, 0.4) is 0 Å². The lowest BCUT2D eigenvalue weighted by atomic mass is 9.96. The highest BCUT2D eigenvalue weighted by Crippen LogP contribution is 2.36. The van der Waals surface area contributed by atoms with Gasteiger partial charge in [0.1, 0.15) is 5.82 Å². The van der Waals surface area contributed by atoms with Crippen molar-refractivity contribution in [1.82, 2.24) is 4.98 Å². The van der Waals surface area contributed by atoms with E-state index in [0.29, 0.717) is 33.7 Å². The predicted molar refractivity (Wildman–Crippen MR) is 101 cm³/mol. The first-order chi connectivity index (χ1) is 13.0. The van der Waals surface area contributed by atoms with Gasteiger partial charge in [0, 0.05) is 29.6 Å². The molecule has 3 rings (SSSR count). The van der Waals surface area contributed by atoms with Crippen LogP contribution in [0.15, 0.2) is 36.5 Å². The molecule has 2 aromatic carbocycles. The number of nitrogens with zero attached hydrogens (tertiary/aromatic N) is 2. The lowest BCUT2D eigenvalue weighted by Gasteiger charge is -2.16. The first kappa shape index (κ1) is 18.1. The Morgan fingerprint density at radius 2 is 1.89 bits per heavy atom. The molecule has 136 valence electrons. The summed E-state index contributed by atoms with van der Waals surface area (Å²) in [6.45, 7) is 0. The Kier molecular flexibility index (Phi) is 4.90. The van der Waals surface area contributed by atoms with Crippen LogP contribution in [0.1, 0.15) is 16.7 Å². The van der Waals surface area contributed by atoms with E-state index in [1.54, 1.807) is 25.4 Å². The number of fused-ring (bicyclic) bond motifs is 1. The second-order valence-corrected chi connectivity index (χ2v) is 5.70. The molecule has 1 aromatic heterocycles. The van der Waals surface area contributed by atoms with Crippen molar-refractivity contribution in [3.05, 3.63) is 59.0 Å². The molecule has 0 unspecified atom stereocenters. The third-order valence-corrected chi connectivity index (χ3v) is 4.26. The number of rotatable bonds is 5. The van der Waals surface area contributed by atoms with Gasteiger partial charge in [0.05, 0.1) is 49.0 Å². The number of benzene rings is 2. The number of hydrogen-bond donors (Lipinski definition) is 2. The Bertz CT molecular complexity index is 1090. The number of ether oxygens (including phenoxy) is 2. The standard InChI is InChI=1S/C20H17FN4O2/c1-24-16-10-25-15-8-18(27-3)17(26-2)7-13(15)19(16)20(23)12-5-4-11(9-22)6-14(12)21/h4-8,10,23-24H,1-3H3. The van der Waals surface area contributed by atoms with E-state index in [2.05, 4.69) is 10.3 Å². The number of aromatic nitrogens is 1. The molecule has 2 N–H and O–H groups in total. The van der Waals surface area contributed by atoms with Crippen LogP contribution in [0.4, 0.5) is 10.1 Å². The van der Waals surface area contributed by atoms with Crippen molar-refractivity contribution in [2.45, 2.75) is 0 Å². The van der Waals surface area contributed by atoms with Gasteiger partial charge in [-0.15, -0.1) is 0 Å². The van der Waals surface area contributed by atoms with Gasteiger partial charge in [0.25, 0.3) is 0 Å². The highest BCUT2D eigenvalue weighted by Gasteiger charge is 2.19. The topological polar surface area (TPSA) is 91.0 Å². The first-order valence-corrected chi connectivity index (χ1v) is 8.05. The van der Waals surface area contributed by atoms with Crippen LogP contribution in [0.2, 0.25) is 0 Å². The minimum absolute atomic E-state index is 0.0269. The van der Waals surface area contributed by atoms with Crippen molar-refractivity contribution in [3.8, 4) is 17.6 Å². The average Bonchev–Trinajstić information content (AvgIpc) is 2.70. The summed E-state index contributed by atoms with van der Waals surface area (Å²) in [5.74, 6) is 0.359. The maximum Gasteiger partial charge on any atom is 0.162 e. The number of halogens is 1. The van der Waals surface area contributed by atoms with Crippen LogP contribution in [0, 0.1) is 22.6 Å². The van der Waals surface area contributed by atoms with Crippen molar-refractivity contribution in [2.75, 3.05) is 26.6 Å². The molecule has 0 aliphatic heterocycles. The first-order valence-electron chi connectivity index (χ1n) is 8.05. The summed E-state index contributed by atoms with van der Waals surface area (Å²) in [5, 5.41) is 21.2. The zero-order valence-corrected chi connectivity index (χ0v) is 15.1. The van der Waals surface area contributed by atoms with Gasteiger partial charge in [-0.3, -0.25) is 10.4 Å². The fourth-order valence-electron chi connectivity index (χ4n) is 2.90. The summed E-state index contributed by atoms with van der Waals surface area (Å²) in [5.41, 5.74) is 1.90. The minimum Gasteiger partial charge on any atom is -0.493 e. The van der Waals surface area contributed by atoms with E-state index in [0.717, 1.165) is 6.07 Å². The van der Waals surface area contributed by atoms with Crippen LogP contribution in [-0.4, -0.2) is 32.0 Å². The van der Waals surface area contributed by atoms with Gasteiger partial charge < -0.3 is 14.8 Å². The molecule has 0 spiro atoms. The van der Waals surface area contributed by atoms with Crippen LogP contribution in [-0.2, 0) is 0 Å².